The van der Waals surface area contributed by atoms with Crippen LogP contribution in [0, 0.1) is 0 Å². The zero-order valence-electron chi connectivity index (χ0n) is 14.8. The highest BCUT2D eigenvalue weighted by Gasteiger charge is 2.30. The molecule has 1 amide bonds. The predicted molar refractivity (Wildman–Crippen MR) is 99.6 cm³/mol. The summed E-state index contributed by atoms with van der Waals surface area (Å²) in [5, 5.41) is 16.2. The molecule has 0 spiro atoms. The molecular weight excluding hydrogens is 369 g/mol. The number of anilines is 1. The highest BCUT2D eigenvalue weighted by molar-refractivity contribution is 6.00. The third-order valence-corrected chi connectivity index (χ3v) is 4.77. The van der Waals surface area contributed by atoms with E-state index in [1.54, 1.807) is 0 Å². The van der Waals surface area contributed by atoms with Gasteiger partial charge in [0.25, 0.3) is 0 Å². The van der Waals surface area contributed by atoms with Gasteiger partial charge in [0.15, 0.2) is 5.82 Å². The summed E-state index contributed by atoms with van der Waals surface area (Å²) >= 11 is 0. The van der Waals surface area contributed by atoms with Crippen LogP contribution in [0.3, 0.4) is 0 Å². The summed E-state index contributed by atoms with van der Waals surface area (Å²) in [6, 6.07) is 12.4. The number of carbonyl (C=O) groups excluding carboxylic acids is 1. The molecule has 1 atom stereocenters. The van der Waals surface area contributed by atoms with Crippen molar-refractivity contribution in [3.63, 3.8) is 0 Å². The smallest absolute Gasteiger partial charge is 0.366 e. The van der Waals surface area contributed by atoms with Crippen LogP contribution in [0.4, 0.5) is 19.0 Å². The van der Waals surface area contributed by atoms with Crippen molar-refractivity contribution in [2.24, 2.45) is 0 Å². The van der Waals surface area contributed by atoms with E-state index in [0.29, 0.717) is 30.0 Å². The van der Waals surface area contributed by atoms with E-state index in [1.165, 1.54) is 12.1 Å². The van der Waals surface area contributed by atoms with Crippen molar-refractivity contribution in [2.75, 3.05) is 11.9 Å². The van der Waals surface area contributed by atoms with Gasteiger partial charge in [-0.05, 0) is 18.6 Å². The highest BCUT2D eigenvalue weighted by atomic mass is 19.4. The molecule has 28 heavy (non-hydrogen) atoms. The molecular formula is C20H17F3N4O. The molecule has 0 bridgehead atoms. The van der Waals surface area contributed by atoms with E-state index in [9.17, 15) is 18.0 Å². The summed E-state index contributed by atoms with van der Waals surface area (Å²) in [4.78, 5) is 11.3. The van der Waals surface area contributed by atoms with Crippen molar-refractivity contribution >= 4 is 22.5 Å². The number of fused-ring (bicyclic) bond motifs is 1. The van der Waals surface area contributed by atoms with Crippen molar-refractivity contribution in [3.05, 3.63) is 54.1 Å². The Morgan fingerprint density at radius 3 is 2.39 bits per heavy atom. The Labute approximate surface area is 159 Å². The Morgan fingerprint density at radius 2 is 1.75 bits per heavy atom. The van der Waals surface area contributed by atoms with Crippen LogP contribution in [0.1, 0.15) is 18.4 Å². The SMILES string of the molecule is O=C1CCC(CNc2nnc(-c3ccc(C(F)(F)F)cc3)c3ccccc23)N1. The zero-order valence-corrected chi connectivity index (χ0v) is 14.8. The van der Waals surface area contributed by atoms with Crippen LogP contribution in [-0.2, 0) is 11.0 Å². The first-order valence-electron chi connectivity index (χ1n) is 8.88. The topological polar surface area (TPSA) is 66.9 Å². The molecule has 5 nitrogen and oxygen atoms in total. The van der Waals surface area contributed by atoms with Gasteiger partial charge in [-0.25, -0.2) is 0 Å². The number of amides is 1. The predicted octanol–water partition coefficient (Wildman–Crippen LogP) is 4.01. The van der Waals surface area contributed by atoms with E-state index < -0.39 is 11.7 Å². The maximum absolute atomic E-state index is 12.8. The monoisotopic (exact) mass is 386 g/mol. The Kier molecular flexibility index (Phi) is 4.62. The summed E-state index contributed by atoms with van der Waals surface area (Å²) in [7, 11) is 0. The Balaban J connectivity index is 1.65. The molecule has 1 aliphatic rings. The fraction of sp³-hybridized carbons (Fsp3) is 0.250. The Bertz CT molecular complexity index is 1020. The molecule has 0 aliphatic carbocycles. The third-order valence-electron chi connectivity index (χ3n) is 4.77. The summed E-state index contributed by atoms with van der Waals surface area (Å²) in [6.07, 6.45) is -3.10. The largest absolute Gasteiger partial charge is 0.416 e. The molecule has 2 N–H and O–H groups in total. The van der Waals surface area contributed by atoms with E-state index in [1.807, 2.05) is 24.3 Å². The van der Waals surface area contributed by atoms with E-state index in [4.69, 9.17) is 0 Å². The first-order chi connectivity index (χ1) is 13.4. The molecule has 1 fully saturated rings. The highest BCUT2D eigenvalue weighted by Crippen LogP contribution is 2.33. The Hall–Kier alpha value is -3.16. The lowest BCUT2D eigenvalue weighted by molar-refractivity contribution is -0.137. The molecule has 8 heteroatoms. The minimum atomic E-state index is -4.38. The van der Waals surface area contributed by atoms with Gasteiger partial charge in [0.1, 0.15) is 5.69 Å². The van der Waals surface area contributed by atoms with Gasteiger partial charge in [-0.3, -0.25) is 4.79 Å². The lowest BCUT2D eigenvalue weighted by atomic mass is 10.0. The average molecular weight is 386 g/mol. The first kappa shape index (κ1) is 18.2. The lowest BCUT2D eigenvalue weighted by Crippen LogP contribution is -2.32. The van der Waals surface area contributed by atoms with Crippen molar-refractivity contribution in [1.29, 1.82) is 0 Å². The van der Waals surface area contributed by atoms with Gasteiger partial charge in [0.2, 0.25) is 5.91 Å². The van der Waals surface area contributed by atoms with Crippen molar-refractivity contribution in [3.8, 4) is 11.3 Å². The van der Waals surface area contributed by atoms with Crippen LogP contribution in [-0.4, -0.2) is 28.7 Å². The van der Waals surface area contributed by atoms with E-state index in [2.05, 4.69) is 20.8 Å². The molecule has 2 aromatic carbocycles. The zero-order chi connectivity index (χ0) is 19.7. The maximum atomic E-state index is 12.8. The summed E-state index contributed by atoms with van der Waals surface area (Å²) in [6.45, 7) is 0.532. The molecule has 1 saturated heterocycles. The summed E-state index contributed by atoms with van der Waals surface area (Å²) in [5.41, 5.74) is 0.376. The third kappa shape index (κ3) is 3.62. The standard InChI is InChI=1S/C20H17F3N4O/c21-20(22,23)13-7-5-12(6-8-13)18-15-3-1-2-4-16(15)19(27-26-18)24-11-14-9-10-17(28)25-14/h1-8,14H,9-11H2,(H,24,27)(H,25,28). The quantitative estimate of drug-likeness (QED) is 0.711. The average Bonchev–Trinajstić information content (AvgIpc) is 3.11. The van der Waals surface area contributed by atoms with Crippen molar-refractivity contribution in [2.45, 2.75) is 25.1 Å². The van der Waals surface area contributed by atoms with Gasteiger partial charge in [-0.1, -0.05) is 36.4 Å². The molecule has 1 aliphatic heterocycles. The molecule has 3 aromatic rings. The van der Waals surface area contributed by atoms with Crippen LogP contribution in [0.5, 0.6) is 0 Å². The van der Waals surface area contributed by atoms with Gasteiger partial charge >= 0.3 is 6.18 Å². The van der Waals surface area contributed by atoms with Crippen LogP contribution in [0.15, 0.2) is 48.5 Å². The second kappa shape index (κ2) is 7.10. The summed E-state index contributed by atoms with van der Waals surface area (Å²) in [5.74, 6) is 0.618. The number of hydrogen-bond acceptors (Lipinski definition) is 4. The van der Waals surface area contributed by atoms with Crippen molar-refractivity contribution < 1.29 is 18.0 Å². The van der Waals surface area contributed by atoms with Gasteiger partial charge < -0.3 is 10.6 Å². The number of aromatic nitrogens is 2. The Morgan fingerprint density at radius 1 is 1.04 bits per heavy atom. The molecule has 1 aromatic heterocycles. The fourth-order valence-corrected chi connectivity index (χ4v) is 3.32. The summed E-state index contributed by atoms with van der Waals surface area (Å²) < 4.78 is 38.4. The molecule has 4 rings (SSSR count). The lowest BCUT2D eigenvalue weighted by Gasteiger charge is -2.14. The van der Waals surface area contributed by atoms with Gasteiger partial charge in [0.05, 0.1) is 5.56 Å². The number of halogens is 3. The van der Waals surface area contributed by atoms with Crippen LogP contribution < -0.4 is 10.6 Å². The van der Waals surface area contributed by atoms with Crippen molar-refractivity contribution in [1.82, 2.24) is 15.5 Å². The van der Waals surface area contributed by atoms with Crippen LogP contribution in [0.25, 0.3) is 22.0 Å². The van der Waals surface area contributed by atoms with Gasteiger partial charge in [-0.15, -0.1) is 10.2 Å². The van der Waals surface area contributed by atoms with Gasteiger partial charge in [0, 0.05) is 35.3 Å². The molecule has 0 radical (unpaired) electrons. The number of rotatable bonds is 4. The van der Waals surface area contributed by atoms with Crippen LogP contribution in [0.2, 0.25) is 0 Å². The van der Waals surface area contributed by atoms with E-state index >= 15 is 0 Å². The molecule has 2 heterocycles. The van der Waals surface area contributed by atoms with Crippen LogP contribution >= 0.6 is 0 Å². The first-order valence-corrected chi connectivity index (χ1v) is 8.88. The number of benzene rings is 2. The fourth-order valence-electron chi connectivity index (χ4n) is 3.32. The minimum Gasteiger partial charge on any atom is -0.366 e. The molecule has 144 valence electrons. The van der Waals surface area contributed by atoms with E-state index in [-0.39, 0.29) is 11.9 Å². The molecule has 0 saturated carbocycles. The number of alkyl halides is 3. The number of carbonyl (C=O) groups is 1. The number of hydrogen-bond donors (Lipinski definition) is 2. The maximum Gasteiger partial charge on any atom is 0.416 e. The molecule has 1 unspecified atom stereocenters. The van der Waals surface area contributed by atoms with E-state index in [0.717, 1.165) is 29.3 Å². The minimum absolute atomic E-state index is 0.0420. The normalized spacial score (nSPS) is 17.0. The number of nitrogens with zero attached hydrogens (tertiary/aromatic N) is 2. The second-order valence-electron chi connectivity index (χ2n) is 6.70. The number of nitrogens with one attached hydrogen (secondary N) is 2. The second-order valence-corrected chi connectivity index (χ2v) is 6.70. The van der Waals surface area contributed by atoms with Gasteiger partial charge in [-0.2, -0.15) is 13.2 Å².